The van der Waals surface area contributed by atoms with Crippen LogP contribution in [0.4, 0.5) is 0 Å². The highest BCUT2D eigenvalue weighted by atomic mass is 16.8. The van der Waals surface area contributed by atoms with Crippen LogP contribution >= 0.6 is 0 Å². The van der Waals surface area contributed by atoms with E-state index < -0.39 is 5.79 Å². The van der Waals surface area contributed by atoms with Gasteiger partial charge in [-0.2, -0.15) is 0 Å². The molecule has 1 aromatic heterocycles. The smallest absolute Gasteiger partial charge is 0.164 e. The van der Waals surface area contributed by atoms with E-state index in [0.717, 1.165) is 24.1 Å². The molecule has 5 rings (SSSR count). The maximum Gasteiger partial charge on any atom is 0.164 e. The Morgan fingerprint density at radius 2 is 2.17 bits per heavy atom. The molecule has 0 aromatic carbocycles. The minimum Gasteiger partial charge on any atom is -0.345 e. The first kappa shape index (κ1) is 14.0. The van der Waals surface area contributed by atoms with Crippen molar-refractivity contribution in [3.05, 3.63) is 36.2 Å². The third kappa shape index (κ3) is 1.25. The van der Waals surface area contributed by atoms with Crippen LogP contribution in [0.1, 0.15) is 50.9 Å². The van der Waals surface area contributed by atoms with Crippen molar-refractivity contribution in [2.24, 2.45) is 11.3 Å². The quantitative estimate of drug-likeness (QED) is 0.685. The van der Waals surface area contributed by atoms with E-state index in [1.807, 2.05) is 20.8 Å². The Bertz CT molecular complexity index is 778. The Kier molecular flexibility index (Phi) is 2.13. The maximum absolute atomic E-state index is 7.98. The Balaban J connectivity index is 1.66. The monoisotopic (exact) mass is 312 g/mol. The van der Waals surface area contributed by atoms with Crippen LogP contribution in [0.15, 0.2) is 24.9 Å². The first-order valence-corrected chi connectivity index (χ1v) is 8.51. The van der Waals surface area contributed by atoms with E-state index in [1.165, 1.54) is 0 Å². The van der Waals surface area contributed by atoms with Gasteiger partial charge in [-0.1, -0.05) is 6.08 Å². The fourth-order valence-electron chi connectivity index (χ4n) is 6.03. The van der Waals surface area contributed by atoms with E-state index in [2.05, 4.69) is 36.4 Å². The molecule has 1 saturated heterocycles. The molecule has 0 radical (unpaired) electrons. The Hall–Kier alpha value is -1.39. The van der Waals surface area contributed by atoms with Gasteiger partial charge in [0.05, 0.1) is 6.04 Å². The molecular weight excluding hydrogens is 288 g/mol. The molecule has 4 fully saturated rings. The number of nitrogens with zero attached hydrogens (tertiary/aromatic N) is 1. The average Bonchev–Trinajstić information content (AvgIpc) is 3.22. The SMILES string of the molecule is C=C[C@]12C[C@@H]1[C@@H](n1ccc(C(C)=N)c1C)[C@]13C[C@@]21OC(C)(C)O3. The molecule has 5 atom stereocenters. The van der Waals surface area contributed by atoms with Crippen LogP contribution in [0.3, 0.4) is 0 Å². The minimum atomic E-state index is -0.526. The van der Waals surface area contributed by atoms with Gasteiger partial charge in [0.25, 0.3) is 0 Å². The average molecular weight is 312 g/mol. The van der Waals surface area contributed by atoms with Gasteiger partial charge in [-0.15, -0.1) is 6.58 Å². The molecule has 0 bridgehead atoms. The van der Waals surface area contributed by atoms with Crippen molar-refractivity contribution in [2.45, 2.75) is 63.6 Å². The maximum atomic E-state index is 7.98. The third-order valence-corrected chi connectivity index (χ3v) is 6.83. The lowest BCUT2D eigenvalue weighted by Gasteiger charge is -2.31. The number of hydrogen-bond donors (Lipinski definition) is 1. The van der Waals surface area contributed by atoms with Gasteiger partial charge in [0.1, 0.15) is 11.2 Å². The number of ether oxygens (including phenoxy) is 2. The van der Waals surface area contributed by atoms with E-state index in [-0.39, 0.29) is 22.7 Å². The molecule has 1 aliphatic heterocycles. The van der Waals surface area contributed by atoms with Gasteiger partial charge in [-0.25, -0.2) is 0 Å². The van der Waals surface area contributed by atoms with Crippen LogP contribution in [0.2, 0.25) is 0 Å². The summed E-state index contributed by atoms with van der Waals surface area (Å²) in [7, 11) is 0. The molecule has 4 nitrogen and oxygen atoms in total. The van der Waals surface area contributed by atoms with Crippen LogP contribution in [0.5, 0.6) is 0 Å². The van der Waals surface area contributed by atoms with E-state index >= 15 is 0 Å². The fraction of sp³-hybridized carbons (Fsp3) is 0.632. The Morgan fingerprint density at radius 3 is 2.78 bits per heavy atom. The largest absolute Gasteiger partial charge is 0.345 e. The molecule has 0 amide bonds. The first-order valence-electron chi connectivity index (χ1n) is 8.51. The highest BCUT2D eigenvalue weighted by Gasteiger charge is 2.98. The van der Waals surface area contributed by atoms with Crippen molar-refractivity contribution < 1.29 is 9.47 Å². The summed E-state index contributed by atoms with van der Waals surface area (Å²) in [6.07, 6.45) is 6.37. The Labute approximate surface area is 137 Å². The summed E-state index contributed by atoms with van der Waals surface area (Å²) < 4.78 is 15.3. The van der Waals surface area contributed by atoms with E-state index in [0.29, 0.717) is 11.6 Å². The van der Waals surface area contributed by atoms with E-state index in [4.69, 9.17) is 14.9 Å². The summed E-state index contributed by atoms with van der Waals surface area (Å²) in [4.78, 5) is 0. The molecule has 2 heterocycles. The summed E-state index contributed by atoms with van der Waals surface area (Å²) >= 11 is 0. The molecule has 1 N–H and O–H groups in total. The minimum absolute atomic E-state index is 0.0715. The summed E-state index contributed by atoms with van der Waals surface area (Å²) in [5.41, 5.74) is 2.48. The van der Waals surface area contributed by atoms with Gasteiger partial charge in [0, 0.05) is 35.0 Å². The van der Waals surface area contributed by atoms with Gasteiger partial charge >= 0.3 is 0 Å². The number of rotatable bonds is 3. The van der Waals surface area contributed by atoms with Crippen molar-refractivity contribution in [1.82, 2.24) is 4.57 Å². The number of aromatic nitrogens is 1. The summed E-state index contributed by atoms with van der Waals surface area (Å²) in [6.45, 7) is 12.2. The topological polar surface area (TPSA) is 47.2 Å². The molecule has 122 valence electrons. The number of nitrogens with one attached hydrogen (secondary N) is 1. The van der Waals surface area contributed by atoms with Gasteiger partial charge in [0.15, 0.2) is 5.79 Å². The van der Waals surface area contributed by atoms with Crippen molar-refractivity contribution in [2.75, 3.05) is 0 Å². The van der Waals surface area contributed by atoms with Crippen LogP contribution in [-0.4, -0.2) is 27.3 Å². The molecule has 0 spiro atoms. The van der Waals surface area contributed by atoms with Crippen molar-refractivity contribution in [3.8, 4) is 0 Å². The zero-order valence-electron chi connectivity index (χ0n) is 14.3. The zero-order valence-corrected chi connectivity index (χ0v) is 14.3. The summed E-state index contributed by atoms with van der Waals surface area (Å²) in [5, 5.41) is 7.98. The second kappa shape index (κ2) is 3.50. The molecule has 0 unspecified atom stereocenters. The van der Waals surface area contributed by atoms with Crippen molar-refractivity contribution in [3.63, 3.8) is 0 Å². The summed E-state index contributed by atoms with van der Waals surface area (Å²) in [6, 6.07) is 2.35. The predicted octanol–water partition coefficient (Wildman–Crippen LogP) is 3.60. The predicted molar refractivity (Wildman–Crippen MR) is 87.8 cm³/mol. The lowest BCUT2D eigenvalue weighted by atomic mass is 9.96. The highest BCUT2D eigenvalue weighted by Crippen LogP contribution is 2.90. The highest BCUT2D eigenvalue weighted by molar-refractivity contribution is 5.97. The molecular formula is C19H24N2O2. The first-order chi connectivity index (χ1) is 10.7. The fourth-order valence-corrected chi connectivity index (χ4v) is 6.03. The van der Waals surface area contributed by atoms with Crippen molar-refractivity contribution in [1.29, 1.82) is 5.41 Å². The number of hydrogen-bond acceptors (Lipinski definition) is 3. The van der Waals surface area contributed by atoms with Gasteiger partial charge in [-0.05, 0) is 46.1 Å². The molecule has 3 aliphatic carbocycles. The lowest BCUT2D eigenvalue weighted by molar-refractivity contribution is -0.210. The van der Waals surface area contributed by atoms with Gasteiger partial charge in [-0.3, -0.25) is 0 Å². The molecule has 4 heteroatoms. The normalized spacial score (nSPS) is 47.7. The van der Waals surface area contributed by atoms with Crippen LogP contribution < -0.4 is 0 Å². The summed E-state index contributed by atoms with van der Waals surface area (Å²) in [5.74, 6) is 0.0105. The van der Waals surface area contributed by atoms with Crippen LogP contribution in [-0.2, 0) is 9.47 Å². The lowest BCUT2D eigenvalue weighted by Crippen LogP contribution is -2.34. The standard InChI is InChI=1S/C19H24N2O2/c1-6-17-9-14(17)15(21-8-7-13(11(2)20)12(21)3)18-10-19(17,18)23-16(4,5)22-18/h6-8,14-15,20H,1,9-10H2,2-5H3/t14-,15-,17+,18-,19-/m1/s1. The zero-order chi connectivity index (χ0) is 16.4. The second-order valence-corrected chi connectivity index (χ2v) is 8.34. The van der Waals surface area contributed by atoms with Gasteiger partial charge in [0.2, 0.25) is 0 Å². The molecule has 4 aliphatic rings. The Morgan fingerprint density at radius 1 is 1.43 bits per heavy atom. The van der Waals surface area contributed by atoms with Crippen LogP contribution in [0, 0.1) is 23.7 Å². The van der Waals surface area contributed by atoms with Crippen LogP contribution in [0.25, 0.3) is 0 Å². The number of fused-ring (bicyclic) bond motifs is 1. The van der Waals surface area contributed by atoms with Crippen molar-refractivity contribution >= 4 is 5.71 Å². The van der Waals surface area contributed by atoms with Gasteiger partial charge < -0.3 is 19.5 Å². The second-order valence-electron chi connectivity index (χ2n) is 8.34. The molecule has 3 saturated carbocycles. The molecule has 1 aromatic rings. The molecule has 23 heavy (non-hydrogen) atoms. The van der Waals surface area contributed by atoms with E-state index in [1.54, 1.807) is 0 Å². The third-order valence-electron chi connectivity index (χ3n) is 6.83. The van der Waals surface area contributed by atoms with E-state index in [9.17, 15) is 0 Å².